The summed E-state index contributed by atoms with van der Waals surface area (Å²) in [5, 5.41) is 2.93. The number of nitrogens with zero attached hydrogens (tertiary/aromatic N) is 1. The fraction of sp³-hybridized carbons (Fsp3) is 0.143. The first-order valence-electron chi connectivity index (χ1n) is 5.78. The molecule has 0 radical (unpaired) electrons. The van der Waals surface area contributed by atoms with Crippen molar-refractivity contribution < 1.29 is 9.53 Å². The number of pyridine rings is 1. The van der Waals surface area contributed by atoms with E-state index in [1.54, 1.807) is 19.2 Å². The van der Waals surface area contributed by atoms with Gasteiger partial charge in [0.1, 0.15) is 10.9 Å². The van der Waals surface area contributed by atoms with Gasteiger partial charge in [0.05, 0.1) is 18.4 Å². The highest BCUT2D eigenvalue weighted by molar-refractivity contribution is 9.10. The van der Waals surface area contributed by atoms with Crippen LogP contribution in [-0.2, 0) is 0 Å². The number of carbonyl (C=O) groups excluding carboxylic acids is 1. The number of carbonyl (C=O) groups is 1. The Morgan fingerprint density at radius 1 is 1.40 bits per heavy atom. The van der Waals surface area contributed by atoms with Crippen LogP contribution in [0.25, 0.3) is 0 Å². The van der Waals surface area contributed by atoms with E-state index in [0.717, 1.165) is 5.56 Å². The zero-order valence-electron chi connectivity index (χ0n) is 10.9. The Labute approximate surface area is 130 Å². The highest BCUT2D eigenvalue weighted by Gasteiger charge is 2.14. The van der Waals surface area contributed by atoms with Crippen molar-refractivity contribution >= 4 is 39.1 Å². The monoisotopic (exact) mass is 354 g/mol. The smallest absolute Gasteiger partial charge is 0.258 e. The third kappa shape index (κ3) is 3.29. The Morgan fingerprint density at radius 3 is 2.85 bits per heavy atom. The largest absolute Gasteiger partial charge is 0.495 e. The van der Waals surface area contributed by atoms with Gasteiger partial charge in [-0.3, -0.25) is 4.79 Å². The molecule has 1 aromatic carbocycles. The molecule has 0 atom stereocenters. The molecule has 0 saturated heterocycles. The van der Waals surface area contributed by atoms with Gasteiger partial charge >= 0.3 is 0 Å². The summed E-state index contributed by atoms with van der Waals surface area (Å²) in [6, 6.07) is 7.15. The van der Waals surface area contributed by atoms with Crippen molar-refractivity contribution in [1.29, 1.82) is 0 Å². The summed E-state index contributed by atoms with van der Waals surface area (Å²) in [6.07, 6.45) is 1.53. The van der Waals surface area contributed by atoms with Gasteiger partial charge in [-0.15, -0.1) is 0 Å². The van der Waals surface area contributed by atoms with Crippen LogP contribution in [0.4, 0.5) is 5.69 Å². The summed E-state index contributed by atoms with van der Waals surface area (Å²) < 4.78 is 5.90. The summed E-state index contributed by atoms with van der Waals surface area (Å²) in [5.41, 5.74) is 1.90. The van der Waals surface area contributed by atoms with Crippen molar-refractivity contribution in [2.45, 2.75) is 6.92 Å². The maximum absolute atomic E-state index is 12.3. The quantitative estimate of drug-likeness (QED) is 0.845. The molecule has 1 amide bonds. The highest BCUT2D eigenvalue weighted by Crippen LogP contribution is 2.27. The summed E-state index contributed by atoms with van der Waals surface area (Å²) in [7, 11) is 1.55. The zero-order chi connectivity index (χ0) is 14.7. The SMILES string of the molecule is COc1ccc(C)cc1NC(=O)c1cc(Br)cnc1Cl. The van der Waals surface area contributed by atoms with E-state index in [9.17, 15) is 4.79 Å². The number of nitrogens with one attached hydrogen (secondary N) is 1. The van der Waals surface area contributed by atoms with Crippen LogP contribution in [0.5, 0.6) is 5.75 Å². The number of rotatable bonds is 3. The van der Waals surface area contributed by atoms with Crippen LogP contribution < -0.4 is 10.1 Å². The summed E-state index contributed by atoms with van der Waals surface area (Å²) in [4.78, 5) is 16.2. The van der Waals surface area contributed by atoms with Gasteiger partial charge in [0.25, 0.3) is 5.91 Å². The highest BCUT2D eigenvalue weighted by atomic mass is 79.9. The minimum Gasteiger partial charge on any atom is -0.495 e. The van der Waals surface area contributed by atoms with Crippen molar-refractivity contribution in [1.82, 2.24) is 4.98 Å². The number of hydrogen-bond acceptors (Lipinski definition) is 3. The van der Waals surface area contributed by atoms with Crippen molar-refractivity contribution in [3.05, 3.63) is 51.2 Å². The molecule has 0 saturated carbocycles. The van der Waals surface area contributed by atoms with Gasteiger partial charge in [0.15, 0.2) is 0 Å². The third-order valence-corrected chi connectivity index (χ3v) is 3.39. The molecule has 0 aliphatic carbocycles. The van der Waals surface area contributed by atoms with Crippen molar-refractivity contribution in [3.8, 4) is 5.75 Å². The predicted molar refractivity (Wildman–Crippen MR) is 82.6 cm³/mol. The Balaban J connectivity index is 2.32. The predicted octanol–water partition coefficient (Wildman–Crippen LogP) is 4.07. The molecule has 0 spiro atoms. The minimum atomic E-state index is -0.340. The summed E-state index contributed by atoms with van der Waals surface area (Å²) >= 11 is 9.20. The van der Waals surface area contributed by atoms with Gasteiger partial charge in [-0.2, -0.15) is 0 Å². The van der Waals surface area contributed by atoms with E-state index in [-0.39, 0.29) is 11.1 Å². The zero-order valence-corrected chi connectivity index (χ0v) is 13.2. The Hall–Kier alpha value is -1.59. The number of amides is 1. The Kier molecular flexibility index (Phi) is 4.62. The number of anilines is 1. The number of halogens is 2. The van der Waals surface area contributed by atoms with Crippen molar-refractivity contribution in [2.24, 2.45) is 0 Å². The topological polar surface area (TPSA) is 51.2 Å². The second-order valence-electron chi connectivity index (χ2n) is 4.15. The number of methoxy groups -OCH3 is 1. The molecule has 104 valence electrons. The van der Waals surface area contributed by atoms with Crippen molar-refractivity contribution in [2.75, 3.05) is 12.4 Å². The van der Waals surface area contributed by atoms with Gasteiger partial charge in [-0.25, -0.2) is 4.98 Å². The van der Waals surface area contributed by atoms with E-state index in [4.69, 9.17) is 16.3 Å². The maximum atomic E-state index is 12.3. The Bertz CT molecular complexity index is 662. The molecule has 1 N–H and O–H groups in total. The van der Waals surface area contributed by atoms with E-state index in [1.807, 2.05) is 19.1 Å². The number of ether oxygens (including phenoxy) is 1. The van der Waals surface area contributed by atoms with Crippen LogP contribution in [-0.4, -0.2) is 18.0 Å². The van der Waals surface area contributed by atoms with E-state index in [2.05, 4.69) is 26.2 Å². The number of aromatic nitrogens is 1. The van der Waals surface area contributed by atoms with Crippen LogP contribution in [0.2, 0.25) is 5.15 Å². The molecule has 20 heavy (non-hydrogen) atoms. The first-order valence-corrected chi connectivity index (χ1v) is 6.95. The van der Waals surface area contributed by atoms with E-state index in [1.165, 1.54) is 6.20 Å². The van der Waals surface area contributed by atoms with Gasteiger partial charge in [-0.1, -0.05) is 17.7 Å². The molecule has 1 aromatic heterocycles. The summed E-state index contributed by atoms with van der Waals surface area (Å²) in [6.45, 7) is 1.93. The lowest BCUT2D eigenvalue weighted by Gasteiger charge is -2.11. The average molecular weight is 356 g/mol. The molecule has 0 aliphatic rings. The number of benzene rings is 1. The molecule has 6 heteroatoms. The van der Waals surface area contributed by atoms with Crippen LogP contribution in [0.15, 0.2) is 34.9 Å². The van der Waals surface area contributed by atoms with Crippen molar-refractivity contribution in [3.63, 3.8) is 0 Å². The van der Waals surface area contributed by atoms with E-state index in [0.29, 0.717) is 21.5 Å². The van der Waals surface area contributed by atoms with Gasteiger partial charge in [0.2, 0.25) is 0 Å². The normalized spacial score (nSPS) is 10.2. The van der Waals surface area contributed by atoms with Gasteiger partial charge < -0.3 is 10.1 Å². The first-order chi connectivity index (χ1) is 9.51. The number of hydrogen-bond donors (Lipinski definition) is 1. The molecule has 0 aliphatic heterocycles. The lowest BCUT2D eigenvalue weighted by atomic mass is 10.2. The molecule has 0 fully saturated rings. The second kappa shape index (κ2) is 6.24. The van der Waals surface area contributed by atoms with E-state index < -0.39 is 0 Å². The standard InChI is InChI=1S/C14H12BrClN2O2/c1-8-3-4-12(20-2)11(5-8)18-14(19)10-6-9(15)7-17-13(10)16/h3-7H,1-2H3,(H,18,19). The average Bonchev–Trinajstić information content (AvgIpc) is 2.41. The van der Waals surface area contributed by atoms with Crippen LogP contribution >= 0.6 is 27.5 Å². The molecule has 2 aromatic rings. The molecule has 1 heterocycles. The lowest BCUT2D eigenvalue weighted by molar-refractivity contribution is 0.102. The van der Waals surface area contributed by atoms with Gasteiger partial charge in [0, 0.05) is 10.7 Å². The summed E-state index contributed by atoms with van der Waals surface area (Å²) in [5.74, 6) is 0.246. The lowest BCUT2D eigenvalue weighted by Crippen LogP contribution is -2.14. The fourth-order valence-corrected chi connectivity index (χ4v) is 2.21. The molecule has 0 bridgehead atoms. The molecule has 0 unspecified atom stereocenters. The number of aryl methyl sites for hydroxylation is 1. The molecule has 2 rings (SSSR count). The maximum Gasteiger partial charge on any atom is 0.258 e. The second-order valence-corrected chi connectivity index (χ2v) is 5.42. The van der Waals surface area contributed by atoms with Crippen LogP contribution in [0.1, 0.15) is 15.9 Å². The third-order valence-electron chi connectivity index (χ3n) is 2.65. The minimum absolute atomic E-state index is 0.150. The van der Waals surface area contributed by atoms with Crippen LogP contribution in [0, 0.1) is 6.92 Å². The fourth-order valence-electron chi connectivity index (χ4n) is 1.69. The van der Waals surface area contributed by atoms with Crippen LogP contribution in [0.3, 0.4) is 0 Å². The van der Waals surface area contributed by atoms with E-state index >= 15 is 0 Å². The van der Waals surface area contributed by atoms with Gasteiger partial charge in [-0.05, 0) is 46.6 Å². The Morgan fingerprint density at radius 2 is 2.15 bits per heavy atom. The first kappa shape index (κ1) is 14.8. The molecule has 4 nitrogen and oxygen atoms in total. The molecular weight excluding hydrogens is 344 g/mol. The molecular formula is C14H12BrClN2O2.